The number of thiophene rings is 1. The lowest BCUT2D eigenvalue weighted by Gasteiger charge is -2.12. The summed E-state index contributed by atoms with van der Waals surface area (Å²) < 4.78 is 2.59. The van der Waals surface area contributed by atoms with Gasteiger partial charge < -0.3 is 0 Å². The van der Waals surface area contributed by atoms with E-state index < -0.39 is 0 Å². The Bertz CT molecular complexity index is 2680. The van der Waals surface area contributed by atoms with Crippen LogP contribution in [0.15, 0.2) is 184 Å². The second-order valence-electron chi connectivity index (χ2n) is 12.6. The first-order valence-corrected chi connectivity index (χ1v) is 18.6. The van der Waals surface area contributed by atoms with Crippen molar-refractivity contribution in [2.45, 2.75) is 4.90 Å². The lowest BCUT2D eigenvalue weighted by Crippen LogP contribution is -1.99. The molecule has 0 aliphatic carbocycles. The van der Waals surface area contributed by atoms with Gasteiger partial charge in [0.1, 0.15) is 0 Å². The maximum absolute atomic E-state index is 4.67. The number of aliphatic imine (C=N–C) groups is 2. The van der Waals surface area contributed by atoms with Gasteiger partial charge in [0.2, 0.25) is 0 Å². The molecular formula is C47H32N2S2. The van der Waals surface area contributed by atoms with Gasteiger partial charge in [0.05, 0.1) is 16.3 Å². The first-order valence-electron chi connectivity index (χ1n) is 17.0. The van der Waals surface area contributed by atoms with E-state index in [1.54, 1.807) is 11.8 Å². The van der Waals surface area contributed by atoms with Crippen LogP contribution in [0.4, 0.5) is 0 Å². The zero-order valence-electron chi connectivity index (χ0n) is 28.0. The molecule has 0 amide bonds. The van der Waals surface area contributed by atoms with Crippen molar-refractivity contribution in [3.63, 3.8) is 0 Å². The van der Waals surface area contributed by atoms with Crippen molar-refractivity contribution in [1.29, 1.82) is 0 Å². The Balaban J connectivity index is 1.18. The van der Waals surface area contributed by atoms with Crippen LogP contribution >= 0.6 is 23.1 Å². The van der Waals surface area contributed by atoms with Crippen LogP contribution in [0.5, 0.6) is 0 Å². The van der Waals surface area contributed by atoms with Gasteiger partial charge in [-0.15, -0.1) is 11.3 Å². The van der Waals surface area contributed by atoms with Crippen LogP contribution in [0.1, 0.15) is 11.1 Å². The van der Waals surface area contributed by atoms with Crippen LogP contribution in [-0.2, 0) is 0 Å². The van der Waals surface area contributed by atoms with Crippen LogP contribution < -0.4 is 0 Å². The molecule has 2 nitrogen and oxygen atoms in total. The fourth-order valence-corrected chi connectivity index (χ4v) is 9.54. The highest BCUT2D eigenvalue weighted by molar-refractivity contribution is 8.05. The highest BCUT2D eigenvalue weighted by atomic mass is 32.2. The molecule has 0 N–H and O–H groups in total. The molecule has 9 rings (SSSR count). The summed E-state index contributed by atoms with van der Waals surface area (Å²) in [5.41, 5.74) is 13.6. The molecule has 4 heteroatoms. The summed E-state index contributed by atoms with van der Waals surface area (Å²) in [5.74, 6) is 0. The zero-order chi connectivity index (χ0) is 34.3. The Morgan fingerprint density at radius 3 is 1.90 bits per heavy atom. The van der Waals surface area contributed by atoms with E-state index in [1.165, 1.54) is 58.4 Å². The van der Waals surface area contributed by atoms with Gasteiger partial charge in [0.15, 0.2) is 0 Å². The van der Waals surface area contributed by atoms with Crippen molar-refractivity contribution in [1.82, 2.24) is 0 Å². The topological polar surface area (TPSA) is 24.7 Å². The van der Waals surface area contributed by atoms with Crippen molar-refractivity contribution < 1.29 is 0 Å². The molecule has 0 radical (unpaired) electrons. The van der Waals surface area contributed by atoms with E-state index in [-0.39, 0.29) is 0 Å². The number of thioether (sulfide) groups is 1. The Morgan fingerprint density at radius 1 is 0.510 bits per heavy atom. The first-order chi connectivity index (χ1) is 25.2. The van der Waals surface area contributed by atoms with Gasteiger partial charge in [-0.1, -0.05) is 133 Å². The van der Waals surface area contributed by atoms with Gasteiger partial charge in [-0.3, -0.25) is 9.98 Å². The third-order valence-electron chi connectivity index (χ3n) is 9.59. The molecule has 8 aromatic rings. The number of fused-ring (bicyclic) bond motifs is 4. The average molecular weight is 689 g/mol. The summed E-state index contributed by atoms with van der Waals surface area (Å²) in [6, 6.07) is 59.0. The molecule has 2 heterocycles. The van der Waals surface area contributed by atoms with E-state index in [0.717, 1.165) is 38.6 Å². The molecule has 1 aromatic heterocycles. The molecule has 0 saturated heterocycles. The normalized spacial score (nSPS) is 14.3. The fourth-order valence-electron chi connectivity index (χ4n) is 7.12. The second-order valence-corrected chi connectivity index (χ2v) is 14.7. The molecule has 0 bridgehead atoms. The molecule has 51 heavy (non-hydrogen) atoms. The van der Waals surface area contributed by atoms with E-state index in [4.69, 9.17) is 0 Å². The molecular weight excluding hydrogens is 657 g/mol. The van der Waals surface area contributed by atoms with Crippen molar-refractivity contribution >= 4 is 61.4 Å². The summed E-state index contributed by atoms with van der Waals surface area (Å²) in [5, 5.41) is 2.58. The molecule has 1 aliphatic heterocycles. The maximum Gasteiger partial charge on any atom is 0.0856 e. The SMILES string of the molecule is C=N/C(=C1/Sc2ccccc2/C1=N/C)c1cccc(-c2cccc(-c3cc(-c4ccccc4)cc4c3sc3ccc(-c5ccccc5)cc34)c2)c1. The standard InChI is InChI=1S/C47H32N2S2/c1-48-44(47-45(49-2)38-21-9-10-22-42(38)51-47)36-20-12-18-33(26-36)32-17-11-19-35(25-32)39-28-37(31-15-7-4-8-16-31)29-41-40-27-34(30-13-5-3-6-14-30)23-24-43(40)50-46(39)41/h3-29H,1H2,2H3/b47-44+,49-45-. The number of nitrogens with zero attached hydrogens (tertiary/aromatic N) is 2. The average Bonchev–Trinajstić information content (AvgIpc) is 3.76. The van der Waals surface area contributed by atoms with Gasteiger partial charge in [-0.2, -0.15) is 0 Å². The van der Waals surface area contributed by atoms with E-state index in [1.807, 2.05) is 18.4 Å². The summed E-state index contributed by atoms with van der Waals surface area (Å²) in [4.78, 5) is 11.5. The van der Waals surface area contributed by atoms with E-state index in [2.05, 4.69) is 180 Å². The Kier molecular flexibility index (Phi) is 8.04. The fraction of sp³-hybridized carbons (Fsp3) is 0.0213. The lowest BCUT2D eigenvalue weighted by atomic mass is 9.93. The monoisotopic (exact) mass is 688 g/mol. The molecule has 0 atom stereocenters. The van der Waals surface area contributed by atoms with Crippen LogP contribution in [0, 0.1) is 0 Å². The Labute approximate surface area is 306 Å². The molecule has 0 fully saturated rings. The lowest BCUT2D eigenvalue weighted by molar-refractivity contribution is 1.39. The Hall–Kier alpha value is -5.81. The minimum Gasteiger partial charge on any atom is -0.287 e. The minimum atomic E-state index is 0.854. The van der Waals surface area contributed by atoms with Crippen molar-refractivity contribution in [3.8, 4) is 44.5 Å². The summed E-state index contributed by atoms with van der Waals surface area (Å²) in [7, 11) is 1.85. The summed E-state index contributed by atoms with van der Waals surface area (Å²) in [6.45, 7) is 4.00. The summed E-state index contributed by atoms with van der Waals surface area (Å²) >= 11 is 3.59. The number of allylic oxidation sites excluding steroid dienone is 1. The Morgan fingerprint density at radius 2 is 1.14 bits per heavy atom. The second kappa shape index (κ2) is 13.1. The van der Waals surface area contributed by atoms with Crippen LogP contribution in [0.2, 0.25) is 0 Å². The predicted molar refractivity (Wildman–Crippen MR) is 222 cm³/mol. The number of rotatable bonds is 6. The zero-order valence-corrected chi connectivity index (χ0v) is 29.6. The van der Waals surface area contributed by atoms with E-state index in [0.29, 0.717) is 0 Å². The van der Waals surface area contributed by atoms with Crippen LogP contribution in [-0.4, -0.2) is 19.5 Å². The van der Waals surface area contributed by atoms with Gasteiger partial charge in [0, 0.05) is 48.8 Å². The molecule has 7 aromatic carbocycles. The van der Waals surface area contributed by atoms with Gasteiger partial charge >= 0.3 is 0 Å². The van der Waals surface area contributed by atoms with Gasteiger partial charge in [-0.05, 0) is 88.1 Å². The third kappa shape index (κ3) is 5.63. The predicted octanol–water partition coefficient (Wildman–Crippen LogP) is 13.3. The maximum atomic E-state index is 4.67. The minimum absolute atomic E-state index is 0.854. The number of hydrogen-bond acceptors (Lipinski definition) is 4. The highest BCUT2D eigenvalue weighted by Crippen LogP contribution is 2.46. The van der Waals surface area contributed by atoms with E-state index >= 15 is 0 Å². The quantitative estimate of drug-likeness (QED) is 0.160. The van der Waals surface area contributed by atoms with E-state index in [9.17, 15) is 0 Å². The molecule has 0 unspecified atom stereocenters. The van der Waals surface area contributed by atoms with Gasteiger partial charge in [0.25, 0.3) is 0 Å². The van der Waals surface area contributed by atoms with Crippen molar-refractivity contribution in [2.75, 3.05) is 7.05 Å². The van der Waals surface area contributed by atoms with Gasteiger partial charge in [-0.25, -0.2) is 0 Å². The van der Waals surface area contributed by atoms with Crippen molar-refractivity contribution in [2.24, 2.45) is 9.98 Å². The molecule has 242 valence electrons. The largest absolute Gasteiger partial charge is 0.287 e. The van der Waals surface area contributed by atoms with Crippen LogP contribution in [0.3, 0.4) is 0 Å². The molecule has 0 spiro atoms. The summed E-state index contributed by atoms with van der Waals surface area (Å²) in [6.07, 6.45) is 0. The highest BCUT2D eigenvalue weighted by Gasteiger charge is 2.27. The number of hydrogen-bond donors (Lipinski definition) is 0. The van der Waals surface area contributed by atoms with Crippen LogP contribution in [0.25, 0.3) is 70.4 Å². The third-order valence-corrected chi connectivity index (χ3v) is 12.0. The molecule has 0 saturated carbocycles. The number of benzene rings is 7. The smallest absolute Gasteiger partial charge is 0.0856 e. The van der Waals surface area contributed by atoms with Crippen molar-refractivity contribution in [3.05, 3.63) is 180 Å². The molecule has 1 aliphatic rings. The first kappa shape index (κ1) is 31.2.